The van der Waals surface area contributed by atoms with Crippen LogP contribution in [0.2, 0.25) is 0 Å². The summed E-state index contributed by atoms with van der Waals surface area (Å²) < 4.78 is 0. The molecule has 5 heteroatoms. The minimum Gasteiger partial charge on any atom is -0.354 e. The highest BCUT2D eigenvalue weighted by atomic mass is 16.2. The summed E-state index contributed by atoms with van der Waals surface area (Å²) in [5.41, 5.74) is 1.90. The number of nitrogens with one attached hydrogen (secondary N) is 3. The predicted octanol–water partition coefficient (Wildman–Crippen LogP) is 1.64. The van der Waals surface area contributed by atoms with E-state index < -0.39 is 0 Å². The van der Waals surface area contributed by atoms with Crippen molar-refractivity contribution in [1.29, 1.82) is 0 Å². The quantitative estimate of drug-likeness (QED) is 0.705. The van der Waals surface area contributed by atoms with Gasteiger partial charge in [-0.05, 0) is 31.9 Å². The second-order valence-electron chi connectivity index (χ2n) is 4.81. The van der Waals surface area contributed by atoms with E-state index in [1.54, 1.807) is 0 Å². The molecule has 3 amide bonds. The van der Waals surface area contributed by atoms with Crippen molar-refractivity contribution in [2.24, 2.45) is 5.92 Å². The van der Waals surface area contributed by atoms with Crippen molar-refractivity contribution < 1.29 is 9.59 Å². The van der Waals surface area contributed by atoms with Gasteiger partial charge in [0.05, 0.1) is 0 Å². The summed E-state index contributed by atoms with van der Waals surface area (Å²) in [6.07, 6.45) is 1.99. The van der Waals surface area contributed by atoms with Crippen molar-refractivity contribution in [2.75, 3.05) is 18.4 Å². The Balaban J connectivity index is 1.61. The van der Waals surface area contributed by atoms with Gasteiger partial charge in [0.25, 0.3) is 0 Å². The van der Waals surface area contributed by atoms with Gasteiger partial charge >= 0.3 is 6.03 Å². The molecule has 1 saturated carbocycles. The van der Waals surface area contributed by atoms with Crippen LogP contribution < -0.4 is 16.0 Å². The normalized spacial score (nSPS) is 13.7. The molecule has 2 rings (SSSR count). The Labute approximate surface area is 112 Å². The lowest BCUT2D eigenvalue weighted by atomic mass is 10.2. The number of amides is 3. The molecule has 1 aromatic rings. The van der Waals surface area contributed by atoms with E-state index in [0.29, 0.717) is 13.1 Å². The molecular weight excluding hydrogens is 242 g/mol. The molecule has 0 saturated heterocycles. The zero-order valence-corrected chi connectivity index (χ0v) is 11.0. The van der Waals surface area contributed by atoms with Gasteiger partial charge in [-0.25, -0.2) is 4.79 Å². The number of urea groups is 1. The van der Waals surface area contributed by atoms with Gasteiger partial charge < -0.3 is 16.0 Å². The van der Waals surface area contributed by atoms with Crippen LogP contribution in [0.4, 0.5) is 10.5 Å². The summed E-state index contributed by atoms with van der Waals surface area (Å²) in [4.78, 5) is 22.9. The fourth-order valence-corrected chi connectivity index (χ4v) is 1.66. The molecule has 5 nitrogen and oxygen atoms in total. The van der Waals surface area contributed by atoms with Gasteiger partial charge in [0, 0.05) is 24.7 Å². The smallest absolute Gasteiger partial charge is 0.319 e. The number of hydrogen-bond donors (Lipinski definition) is 3. The second-order valence-corrected chi connectivity index (χ2v) is 4.81. The number of rotatable bonds is 5. The third kappa shape index (κ3) is 4.62. The lowest BCUT2D eigenvalue weighted by Crippen LogP contribution is -2.37. The first kappa shape index (κ1) is 13.4. The van der Waals surface area contributed by atoms with Crippen molar-refractivity contribution >= 4 is 17.6 Å². The first-order chi connectivity index (χ1) is 9.15. The Bertz CT molecular complexity index is 452. The fourth-order valence-electron chi connectivity index (χ4n) is 1.66. The van der Waals surface area contributed by atoms with Crippen molar-refractivity contribution in [2.45, 2.75) is 19.8 Å². The van der Waals surface area contributed by atoms with Crippen LogP contribution in [0.5, 0.6) is 0 Å². The second kappa shape index (κ2) is 6.22. The Morgan fingerprint density at radius 2 is 1.74 bits per heavy atom. The van der Waals surface area contributed by atoms with Gasteiger partial charge in [-0.15, -0.1) is 0 Å². The largest absolute Gasteiger partial charge is 0.354 e. The van der Waals surface area contributed by atoms with Crippen LogP contribution in [0.15, 0.2) is 24.3 Å². The summed E-state index contributed by atoms with van der Waals surface area (Å²) in [7, 11) is 0. The van der Waals surface area contributed by atoms with Crippen LogP contribution in [0.25, 0.3) is 0 Å². The van der Waals surface area contributed by atoms with Crippen molar-refractivity contribution in [1.82, 2.24) is 10.6 Å². The summed E-state index contributed by atoms with van der Waals surface area (Å²) in [5.74, 6) is 0.308. The van der Waals surface area contributed by atoms with E-state index in [4.69, 9.17) is 0 Å². The van der Waals surface area contributed by atoms with Gasteiger partial charge in [0.1, 0.15) is 0 Å². The average Bonchev–Trinajstić information content (AvgIpc) is 3.21. The highest BCUT2D eigenvalue weighted by Crippen LogP contribution is 2.28. The topological polar surface area (TPSA) is 70.2 Å². The molecule has 1 aliphatic rings. The van der Waals surface area contributed by atoms with Crippen LogP contribution in [-0.2, 0) is 4.79 Å². The third-order valence-corrected chi connectivity index (χ3v) is 2.97. The van der Waals surface area contributed by atoms with Crippen LogP contribution >= 0.6 is 0 Å². The molecule has 1 aromatic carbocycles. The van der Waals surface area contributed by atoms with Crippen molar-refractivity contribution in [3.63, 3.8) is 0 Å². The van der Waals surface area contributed by atoms with Crippen LogP contribution in [0.3, 0.4) is 0 Å². The monoisotopic (exact) mass is 261 g/mol. The molecule has 102 valence electrons. The maximum atomic E-state index is 11.6. The predicted molar refractivity (Wildman–Crippen MR) is 73.9 cm³/mol. The number of carbonyl (C=O) groups is 2. The number of hydrogen-bond acceptors (Lipinski definition) is 2. The van der Waals surface area contributed by atoms with E-state index in [0.717, 1.165) is 24.1 Å². The summed E-state index contributed by atoms with van der Waals surface area (Å²) >= 11 is 0. The summed E-state index contributed by atoms with van der Waals surface area (Å²) in [6.45, 7) is 2.89. The first-order valence-corrected chi connectivity index (χ1v) is 6.54. The highest BCUT2D eigenvalue weighted by Gasteiger charge is 2.28. The van der Waals surface area contributed by atoms with Gasteiger partial charge in [0.2, 0.25) is 5.91 Å². The maximum absolute atomic E-state index is 11.6. The van der Waals surface area contributed by atoms with Gasteiger partial charge in [-0.2, -0.15) is 0 Å². The summed E-state index contributed by atoms with van der Waals surface area (Å²) in [6, 6.07) is 7.31. The summed E-state index contributed by atoms with van der Waals surface area (Å²) in [5, 5.41) is 8.22. The van der Waals surface area contributed by atoms with E-state index >= 15 is 0 Å². The fraction of sp³-hybridized carbons (Fsp3) is 0.429. The van der Waals surface area contributed by atoms with Gasteiger partial charge in [-0.1, -0.05) is 17.7 Å². The Morgan fingerprint density at radius 1 is 1.11 bits per heavy atom. The van der Waals surface area contributed by atoms with Gasteiger partial charge in [-0.3, -0.25) is 4.79 Å². The number of aryl methyl sites for hydroxylation is 1. The molecule has 19 heavy (non-hydrogen) atoms. The molecule has 0 unspecified atom stereocenters. The Kier molecular flexibility index (Phi) is 4.39. The van der Waals surface area contributed by atoms with Crippen molar-refractivity contribution in [3.05, 3.63) is 29.8 Å². The number of anilines is 1. The lowest BCUT2D eigenvalue weighted by Gasteiger charge is -2.08. The van der Waals surface area contributed by atoms with E-state index in [2.05, 4.69) is 16.0 Å². The maximum Gasteiger partial charge on any atom is 0.319 e. The number of benzene rings is 1. The van der Waals surface area contributed by atoms with E-state index in [9.17, 15) is 9.59 Å². The van der Waals surface area contributed by atoms with Crippen LogP contribution in [0, 0.1) is 12.8 Å². The first-order valence-electron chi connectivity index (χ1n) is 6.54. The molecule has 0 heterocycles. The zero-order valence-electron chi connectivity index (χ0n) is 11.0. The van der Waals surface area contributed by atoms with Gasteiger partial charge in [0.15, 0.2) is 0 Å². The SMILES string of the molecule is Cc1ccc(NC(=O)NCCNC(=O)C2CC2)cc1. The molecule has 1 fully saturated rings. The molecule has 0 radical (unpaired) electrons. The zero-order chi connectivity index (χ0) is 13.7. The van der Waals surface area contributed by atoms with E-state index in [-0.39, 0.29) is 17.9 Å². The molecule has 0 spiro atoms. The van der Waals surface area contributed by atoms with E-state index in [1.165, 1.54) is 0 Å². The molecule has 3 N–H and O–H groups in total. The minimum absolute atomic E-state index is 0.0979. The molecule has 1 aliphatic carbocycles. The molecule has 0 atom stereocenters. The molecular formula is C14H19N3O2. The van der Waals surface area contributed by atoms with Crippen molar-refractivity contribution in [3.8, 4) is 0 Å². The molecule has 0 bridgehead atoms. The number of carbonyl (C=O) groups excluding carboxylic acids is 2. The lowest BCUT2D eigenvalue weighted by molar-refractivity contribution is -0.122. The Hall–Kier alpha value is -2.04. The molecule has 0 aliphatic heterocycles. The average molecular weight is 261 g/mol. The Morgan fingerprint density at radius 3 is 2.37 bits per heavy atom. The van der Waals surface area contributed by atoms with E-state index in [1.807, 2.05) is 31.2 Å². The third-order valence-electron chi connectivity index (χ3n) is 2.97. The minimum atomic E-state index is -0.260. The highest BCUT2D eigenvalue weighted by molar-refractivity contribution is 5.89. The standard InChI is InChI=1S/C14H19N3O2/c1-10-2-6-12(7-3-10)17-14(19)16-9-8-15-13(18)11-4-5-11/h2-3,6-7,11H,4-5,8-9H2,1H3,(H,15,18)(H2,16,17,19). The van der Waals surface area contributed by atoms with Crippen LogP contribution in [0.1, 0.15) is 18.4 Å². The van der Waals surface area contributed by atoms with Crippen LogP contribution in [-0.4, -0.2) is 25.0 Å². The molecule has 0 aromatic heterocycles.